The van der Waals surface area contributed by atoms with Crippen LogP contribution in [-0.4, -0.2) is 16.9 Å². The van der Waals surface area contributed by atoms with Crippen molar-refractivity contribution in [2.75, 3.05) is 10.2 Å². The largest absolute Gasteiger partial charge is 0.323 e. The van der Waals surface area contributed by atoms with E-state index in [1.54, 1.807) is 12.1 Å². The lowest BCUT2D eigenvalue weighted by atomic mass is 10.1. The van der Waals surface area contributed by atoms with Crippen LogP contribution in [-0.2, 0) is 6.42 Å². The first-order chi connectivity index (χ1) is 13.5. The molecule has 1 aliphatic rings. The van der Waals surface area contributed by atoms with Crippen molar-refractivity contribution in [1.82, 2.24) is 4.98 Å². The second kappa shape index (κ2) is 6.99. The Morgan fingerprint density at radius 2 is 1.86 bits per heavy atom. The molecule has 7 heteroatoms. The number of rotatable bonds is 3. The van der Waals surface area contributed by atoms with E-state index >= 15 is 0 Å². The van der Waals surface area contributed by atoms with Gasteiger partial charge in [0.05, 0.1) is 17.4 Å². The molecule has 2 aromatic carbocycles. The van der Waals surface area contributed by atoms with Crippen molar-refractivity contribution in [2.24, 2.45) is 0 Å². The minimum atomic E-state index is -1.68. The van der Waals surface area contributed by atoms with Gasteiger partial charge >= 0.3 is 0 Å². The maximum atomic E-state index is 13.8. The van der Waals surface area contributed by atoms with Crippen LogP contribution in [0.15, 0.2) is 54.7 Å². The number of amides is 1. The van der Waals surface area contributed by atoms with Gasteiger partial charge in [0.1, 0.15) is 5.82 Å². The van der Waals surface area contributed by atoms with Gasteiger partial charge in [0.15, 0.2) is 17.5 Å². The first kappa shape index (κ1) is 18.0. The number of fused-ring (bicyclic) bond motifs is 1. The molecule has 0 spiro atoms. The molecule has 4 rings (SSSR count). The third kappa shape index (κ3) is 3.09. The number of halogens is 3. The van der Waals surface area contributed by atoms with Crippen LogP contribution >= 0.6 is 0 Å². The predicted molar refractivity (Wildman–Crippen MR) is 100 cm³/mol. The number of carbonyl (C=O) groups excluding carboxylic acids is 1. The number of anilines is 3. The molecule has 0 saturated carbocycles. The Bertz CT molecular complexity index is 1050. The van der Waals surface area contributed by atoms with E-state index in [9.17, 15) is 18.0 Å². The fourth-order valence-electron chi connectivity index (χ4n) is 3.42. The van der Waals surface area contributed by atoms with Gasteiger partial charge < -0.3 is 10.2 Å². The minimum Gasteiger partial charge on any atom is -0.323 e. The molecule has 0 aliphatic carbocycles. The van der Waals surface area contributed by atoms with E-state index in [1.807, 2.05) is 18.2 Å². The molecule has 0 saturated heterocycles. The van der Waals surface area contributed by atoms with Crippen molar-refractivity contribution in [3.8, 4) is 0 Å². The zero-order chi connectivity index (χ0) is 19.8. The van der Waals surface area contributed by atoms with Crippen LogP contribution in [0, 0.1) is 17.5 Å². The summed E-state index contributed by atoms with van der Waals surface area (Å²) in [6.45, 7) is 2.10. The molecule has 1 unspecified atom stereocenters. The highest BCUT2D eigenvalue weighted by Gasteiger charge is 2.27. The number of pyridine rings is 1. The number of nitrogens with zero attached hydrogens (tertiary/aromatic N) is 2. The summed E-state index contributed by atoms with van der Waals surface area (Å²) in [5.41, 5.74) is 2.06. The Hall–Kier alpha value is -3.35. The summed E-state index contributed by atoms with van der Waals surface area (Å²) >= 11 is 0. The fraction of sp³-hybridized carbons (Fsp3) is 0.143. The first-order valence-corrected chi connectivity index (χ1v) is 8.73. The highest BCUT2D eigenvalue weighted by atomic mass is 19.2. The van der Waals surface area contributed by atoms with Crippen LogP contribution < -0.4 is 10.2 Å². The van der Waals surface area contributed by atoms with Crippen molar-refractivity contribution in [3.63, 3.8) is 0 Å². The van der Waals surface area contributed by atoms with Crippen molar-refractivity contribution in [3.05, 3.63) is 83.3 Å². The quantitative estimate of drug-likeness (QED) is 0.659. The third-order valence-corrected chi connectivity index (χ3v) is 4.74. The molecule has 2 heterocycles. The molecule has 1 aliphatic heterocycles. The highest BCUT2D eigenvalue weighted by Crippen LogP contribution is 2.37. The maximum Gasteiger partial charge on any atom is 0.258 e. The lowest BCUT2D eigenvalue weighted by Crippen LogP contribution is -2.24. The molecule has 1 aromatic heterocycles. The molecular formula is C21H16F3N3O. The Morgan fingerprint density at radius 1 is 1.07 bits per heavy atom. The molecule has 1 N–H and O–H groups in total. The lowest BCUT2D eigenvalue weighted by Gasteiger charge is -2.24. The van der Waals surface area contributed by atoms with Crippen LogP contribution in [0.25, 0.3) is 0 Å². The summed E-state index contributed by atoms with van der Waals surface area (Å²) in [5.74, 6) is -4.72. The molecule has 1 atom stereocenters. The Kier molecular flexibility index (Phi) is 4.50. The zero-order valence-corrected chi connectivity index (χ0v) is 14.9. The topological polar surface area (TPSA) is 45.2 Å². The number of hydrogen-bond donors (Lipinski definition) is 1. The van der Waals surface area contributed by atoms with Gasteiger partial charge in [-0.2, -0.15) is 0 Å². The van der Waals surface area contributed by atoms with E-state index in [-0.39, 0.29) is 6.04 Å². The fourth-order valence-corrected chi connectivity index (χ4v) is 3.42. The van der Waals surface area contributed by atoms with Gasteiger partial charge in [0.2, 0.25) is 0 Å². The number of carbonyl (C=O) groups is 1. The van der Waals surface area contributed by atoms with Crippen LogP contribution in [0.5, 0.6) is 0 Å². The molecule has 1 amide bonds. The Labute approximate surface area is 159 Å². The van der Waals surface area contributed by atoms with Crippen molar-refractivity contribution in [2.45, 2.75) is 19.4 Å². The van der Waals surface area contributed by atoms with Gasteiger partial charge in [-0.15, -0.1) is 0 Å². The van der Waals surface area contributed by atoms with Crippen molar-refractivity contribution in [1.29, 1.82) is 0 Å². The van der Waals surface area contributed by atoms with Gasteiger partial charge in [-0.1, -0.05) is 18.2 Å². The van der Waals surface area contributed by atoms with Crippen molar-refractivity contribution >= 4 is 23.1 Å². The molecule has 0 fully saturated rings. The molecule has 3 aromatic rings. The number of nitrogens with one attached hydrogen (secondary N) is 1. The van der Waals surface area contributed by atoms with Crippen molar-refractivity contribution < 1.29 is 18.0 Å². The van der Waals surface area contributed by atoms with Crippen LogP contribution in [0.1, 0.15) is 22.8 Å². The summed E-state index contributed by atoms with van der Waals surface area (Å²) in [7, 11) is 0. The standard InChI is InChI=1S/C21H16F3N3O/c1-12-10-13-4-2-3-5-17(13)27(12)18-9-6-14(11-25-18)26-21(28)15-7-8-16(22)20(24)19(15)23/h2-9,11-12H,10H2,1H3,(H,26,28). The molecule has 142 valence electrons. The Morgan fingerprint density at radius 3 is 2.61 bits per heavy atom. The molecule has 0 bridgehead atoms. The first-order valence-electron chi connectivity index (χ1n) is 8.73. The lowest BCUT2D eigenvalue weighted by molar-refractivity contribution is 0.102. The number of benzene rings is 2. The van der Waals surface area contributed by atoms with E-state index in [1.165, 1.54) is 11.8 Å². The number of hydrogen-bond acceptors (Lipinski definition) is 3. The highest BCUT2D eigenvalue weighted by molar-refractivity contribution is 6.04. The van der Waals surface area contributed by atoms with E-state index in [2.05, 4.69) is 28.2 Å². The second-order valence-corrected chi connectivity index (χ2v) is 6.63. The Balaban J connectivity index is 1.55. The van der Waals surface area contributed by atoms with Crippen LogP contribution in [0.2, 0.25) is 0 Å². The number of para-hydroxylation sites is 1. The molecular weight excluding hydrogens is 367 g/mol. The normalized spacial score (nSPS) is 15.4. The molecule has 28 heavy (non-hydrogen) atoms. The van der Waals surface area contributed by atoms with Gasteiger partial charge in [-0.3, -0.25) is 4.79 Å². The van der Waals surface area contributed by atoms with Gasteiger partial charge in [0, 0.05) is 11.7 Å². The summed E-state index contributed by atoms with van der Waals surface area (Å²) in [4.78, 5) is 18.7. The van der Waals surface area contributed by atoms with Crippen LogP contribution in [0.3, 0.4) is 0 Å². The summed E-state index contributed by atoms with van der Waals surface area (Å²) in [6.07, 6.45) is 2.35. The second-order valence-electron chi connectivity index (χ2n) is 6.63. The van der Waals surface area contributed by atoms with Gasteiger partial charge in [-0.05, 0) is 49.2 Å². The monoisotopic (exact) mass is 383 g/mol. The van der Waals surface area contributed by atoms with Crippen LogP contribution in [0.4, 0.5) is 30.4 Å². The van der Waals surface area contributed by atoms with E-state index < -0.39 is 28.9 Å². The summed E-state index contributed by atoms with van der Waals surface area (Å²) in [6, 6.07) is 13.3. The van der Waals surface area contributed by atoms with E-state index in [0.29, 0.717) is 11.8 Å². The number of aromatic nitrogens is 1. The van der Waals surface area contributed by atoms with E-state index in [0.717, 1.165) is 24.0 Å². The van der Waals surface area contributed by atoms with Gasteiger partial charge in [0.25, 0.3) is 5.91 Å². The third-order valence-electron chi connectivity index (χ3n) is 4.74. The average molecular weight is 383 g/mol. The predicted octanol–water partition coefficient (Wildman–Crippen LogP) is 4.83. The summed E-state index contributed by atoms with van der Waals surface area (Å²) < 4.78 is 40.1. The van der Waals surface area contributed by atoms with E-state index in [4.69, 9.17) is 0 Å². The smallest absolute Gasteiger partial charge is 0.258 e. The summed E-state index contributed by atoms with van der Waals surface area (Å²) in [5, 5.41) is 2.44. The van der Waals surface area contributed by atoms with Gasteiger partial charge in [-0.25, -0.2) is 18.2 Å². The zero-order valence-electron chi connectivity index (χ0n) is 14.9. The SMILES string of the molecule is CC1Cc2ccccc2N1c1ccc(NC(=O)c2ccc(F)c(F)c2F)cn1. The molecule has 4 nitrogen and oxygen atoms in total. The molecule has 0 radical (unpaired) electrons. The average Bonchev–Trinajstić information content (AvgIpc) is 3.02. The minimum absolute atomic E-state index is 0.238. The maximum absolute atomic E-state index is 13.8.